The van der Waals surface area contributed by atoms with Crippen LogP contribution >= 0.6 is 0 Å². The minimum Gasteiger partial charge on any atom is -0.481 e. The van der Waals surface area contributed by atoms with Gasteiger partial charge in [0.05, 0.1) is 23.8 Å². The Labute approximate surface area is 173 Å². The quantitative estimate of drug-likeness (QED) is 0.303. The molecule has 1 aliphatic rings. The molecule has 2 aromatic rings. The molecule has 0 spiro atoms. The average Bonchev–Trinajstić information content (AvgIpc) is 3.23. The average molecular weight is 442 g/mol. The minimum absolute atomic E-state index is 0.0564. The first-order valence-corrected chi connectivity index (χ1v) is 11.5. The SMILES string of the molecule is CCCCNc1nc(S(=O)(=O)CCC)nc2c1nnn2C1C[C@H](C(=O)O)C(O)C1O. The molecule has 4 N–H and O–H groups in total. The Morgan fingerprint density at radius 2 is 1.93 bits per heavy atom. The molecule has 1 saturated carbocycles. The third-order valence-corrected chi connectivity index (χ3v) is 6.84. The summed E-state index contributed by atoms with van der Waals surface area (Å²) in [6.07, 6.45) is -0.886. The van der Waals surface area contributed by atoms with Crippen LogP contribution in [0.15, 0.2) is 5.16 Å². The number of sulfone groups is 1. The Hall–Kier alpha value is -2.38. The van der Waals surface area contributed by atoms with Gasteiger partial charge in [-0.05, 0) is 19.3 Å². The van der Waals surface area contributed by atoms with Gasteiger partial charge in [0.1, 0.15) is 6.10 Å². The van der Waals surface area contributed by atoms with Crippen LogP contribution in [-0.4, -0.2) is 79.2 Å². The molecule has 2 aromatic heterocycles. The molecule has 3 rings (SSSR count). The number of hydrogen-bond donors (Lipinski definition) is 4. The fourth-order valence-electron chi connectivity index (χ4n) is 3.54. The van der Waals surface area contributed by atoms with Crippen molar-refractivity contribution in [3.05, 3.63) is 0 Å². The van der Waals surface area contributed by atoms with Crippen LogP contribution in [0.1, 0.15) is 45.6 Å². The van der Waals surface area contributed by atoms with Gasteiger partial charge in [0.2, 0.25) is 9.84 Å². The van der Waals surface area contributed by atoms with E-state index in [0.717, 1.165) is 12.8 Å². The third kappa shape index (κ3) is 4.09. The lowest BCUT2D eigenvalue weighted by atomic mass is 10.1. The number of aliphatic hydroxyl groups is 2. The highest BCUT2D eigenvalue weighted by Gasteiger charge is 2.47. The molecule has 2 heterocycles. The maximum absolute atomic E-state index is 12.6. The van der Waals surface area contributed by atoms with Crippen LogP contribution in [0.3, 0.4) is 0 Å². The summed E-state index contributed by atoms with van der Waals surface area (Å²) in [6.45, 7) is 4.27. The van der Waals surface area contributed by atoms with Gasteiger partial charge in [0, 0.05) is 6.54 Å². The first kappa shape index (κ1) is 22.3. The van der Waals surface area contributed by atoms with Crippen molar-refractivity contribution in [3.8, 4) is 0 Å². The van der Waals surface area contributed by atoms with Crippen LogP contribution in [-0.2, 0) is 14.6 Å². The first-order chi connectivity index (χ1) is 14.2. The van der Waals surface area contributed by atoms with E-state index in [4.69, 9.17) is 0 Å². The molecule has 0 amide bonds. The smallest absolute Gasteiger partial charge is 0.309 e. The van der Waals surface area contributed by atoms with Crippen molar-refractivity contribution >= 4 is 32.8 Å². The molecule has 13 heteroatoms. The number of fused-ring (bicyclic) bond motifs is 1. The van der Waals surface area contributed by atoms with Gasteiger partial charge in [0.15, 0.2) is 17.0 Å². The number of carboxylic acid groups (broad SMARTS) is 1. The highest BCUT2D eigenvalue weighted by Crippen LogP contribution is 2.37. The summed E-state index contributed by atoms with van der Waals surface area (Å²) in [5, 5.41) is 40.4. The van der Waals surface area contributed by atoms with Gasteiger partial charge in [-0.2, -0.15) is 9.97 Å². The van der Waals surface area contributed by atoms with E-state index in [1.807, 2.05) is 6.92 Å². The zero-order valence-electron chi connectivity index (χ0n) is 16.8. The number of hydrogen-bond acceptors (Lipinski definition) is 10. The van der Waals surface area contributed by atoms with Gasteiger partial charge < -0.3 is 20.6 Å². The number of carbonyl (C=O) groups is 1. The van der Waals surface area contributed by atoms with Crippen molar-refractivity contribution in [2.75, 3.05) is 17.6 Å². The molecule has 12 nitrogen and oxygen atoms in total. The van der Waals surface area contributed by atoms with E-state index in [-0.39, 0.29) is 34.3 Å². The van der Waals surface area contributed by atoms with E-state index >= 15 is 0 Å². The molecule has 1 fully saturated rings. The van der Waals surface area contributed by atoms with Crippen molar-refractivity contribution in [2.45, 2.75) is 62.9 Å². The summed E-state index contributed by atoms with van der Waals surface area (Å²) >= 11 is 0. The van der Waals surface area contributed by atoms with E-state index in [1.165, 1.54) is 4.68 Å². The van der Waals surface area contributed by atoms with Crippen molar-refractivity contribution in [1.82, 2.24) is 25.0 Å². The number of nitrogens with one attached hydrogen (secondary N) is 1. The van der Waals surface area contributed by atoms with Crippen LogP contribution in [0, 0.1) is 5.92 Å². The monoisotopic (exact) mass is 442 g/mol. The maximum atomic E-state index is 12.6. The largest absolute Gasteiger partial charge is 0.481 e. The Kier molecular flexibility index (Phi) is 6.53. The zero-order valence-corrected chi connectivity index (χ0v) is 17.6. The summed E-state index contributed by atoms with van der Waals surface area (Å²) in [5.41, 5.74) is 0.267. The Morgan fingerprint density at radius 3 is 2.53 bits per heavy atom. The molecular weight excluding hydrogens is 416 g/mol. The number of rotatable bonds is 9. The van der Waals surface area contributed by atoms with E-state index in [9.17, 15) is 28.5 Å². The molecule has 166 valence electrons. The molecule has 0 aromatic carbocycles. The number of aliphatic carboxylic acids is 1. The van der Waals surface area contributed by atoms with Crippen LogP contribution in [0.2, 0.25) is 0 Å². The van der Waals surface area contributed by atoms with Gasteiger partial charge in [-0.25, -0.2) is 13.1 Å². The second kappa shape index (κ2) is 8.78. The fraction of sp³-hybridized carbons (Fsp3) is 0.706. The number of aliphatic hydroxyl groups excluding tert-OH is 2. The van der Waals surface area contributed by atoms with Crippen molar-refractivity contribution < 1.29 is 28.5 Å². The molecule has 3 unspecified atom stereocenters. The summed E-state index contributed by atoms with van der Waals surface area (Å²) in [5.74, 6) is -2.36. The maximum Gasteiger partial charge on any atom is 0.309 e. The van der Waals surface area contributed by atoms with Crippen LogP contribution in [0.4, 0.5) is 5.82 Å². The summed E-state index contributed by atoms with van der Waals surface area (Å²) < 4.78 is 26.4. The molecule has 4 atom stereocenters. The van der Waals surface area contributed by atoms with Gasteiger partial charge in [-0.3, -0.25) is 4.79 Å². The van der Waals surface area contributed by atoms with Crippen molar-refractivity contribution in [3.63, 3.8) is 0 Å². The normalized spacial score (nSPS) is 24.4. The molecule has 30 heavy (non-hydrogen) atoms. The topological polar surface area (TPSA) is 180 Å². The molecule has 0 bridgehead atoms. The highest BCUT2D eigenvalue weighted by atomic mass is 32.2. The van der Waals surface area contributed by atoms with E-state index in [1.54, 1.807) is 6.92 Å². The Bertz CT molecular complexity index is 1030. The molecule has 0 radical (unpaired) electrons. The number of anilines is 1. The summed E-state index contributed by atoms with van der Waals surface area (Å²) in [4.78, 5) is 19.7. The highest BCUT2D eigenvalue weighted by molar-refractivity contribution is 7.91. The standard InChI is InChI=1S/C17H26N6O6S/c1-3-5-6-18-14-11-15(20-17(19-14)30(28,29)7-4-2)23(22-21-11)10-8-9(16(26)27)12(24)13(10)25/h9-10,12-13,24-25H,3-8H2,1-2H3,(H,26,27)(H,18,19,20)/t9-,10?,12?,13?/m0/s1. The van der Waals surface area contributed by atoms with E-state index < -0.39 is 40.0 Å². The predicted molar refractivity (Wildman–Crippen MR) is 106 cm³/mol. The second-order valence-electron chi connectivity index (χ2n) is 7.39. The second-order valence-corrected chi connectivity index (χ2v) is 9.39. The predicted octanol–water partition coefficient (Wildman–Crippen LogP) is -0.0156. The van der Waals surface area contributed by atoms with E-state index in [0.29, 0.717) is 13.0 Å². The van der Waals surface area contributed by atoms with Crippen molar-refractivity contribution in [2.24, 2.45) is 5.92 Å². The van der Waals surface area contributed by atoms with Gasteiger partial charge in [-0.15, -0.1) is 5.10 Å². The van der Waals surface area contributed by atoms with Crippen LogP contribution in [0.25, 0.3) is 11.2 Å². The van der Waals surface area contributed by atoms with Crippen LogP contribution in [0.5, 0.6) is 0 Å². The molecule has 0 saturated heterocycles. The number of nitrogens with zero attached hydrogens (tertiary/aromatic N) is 5. The van der Waals surface area contributed by atoms with Gasteiger partial charge in [0.25, 0.3) is 5.16 Å². The van der Waals surface area contributed by atoms with Crippen molar-refractivity contribution in [1.29, 1.82) is 0 Å². The van der Waals surface area contributed by atoms with Gasteiger partial charge >= 0.3 is 5.97 Å². The summed E-state index contributed by atoms with van der Waals surface area (Å²) in [6, 6.07) is -0.925. The van der Waals surface area contributed by atoms with E-state index in [2.05, 4.69) is 25.6 Å². The van der Waals surface area contributed by atoms with Gasteiger partial charge in [-0.1, -0.05) is 25.5 Å². The lowest BCUT2D eigenvalue weighted by Gasteiger charge is -2.16. The lowest BCUT2D eigenvalue weighted by Crippen LogP contribution is -2.32. The molecular formula is C17H26N6O6S. The number of aromatic nitrogens is 5. The third-order valence-electron chi connectivity index (χ3n) is 5.16. The zero-order chi connectivity index (χ0) is 22.1. The molecule has 0 aliphatic heterocycles. The van der Waals surface area contributed by atoms with Crippen LogP contribution < -0.4 is 5.32 Å². The Balaban J connectivity index is 2.11. The Morgan fingerprint density at radius 1 is 1.20 bits per heavy atom. The first-order valence-electron chi connectivity index (χ1n) is 9.89. The summed E-state index contributed by atoms with van der Waals surface area (Å²) in [7, 11) is -3.76. The number of unbranched alkanes of at least 4 members (excludes halogenated alkanes) is 1. The molecule has 1 aliphatic carbocycles. The minimum atomic E-state index is -3.76. The lowest BCUT2D eigenvalue weighted by molar-refractivity contribution is -0.145. The number of carboxylic acids is 1. The fourth-order valence-corrected chi connectivity index (χ4v) is 4.71.